The molecule has 2 heterocycles. The van der Waals surface area contributed by atoms with E-state index < -0.39 is 5.25 Å². The van der Waals surface area contributed by atoms with Gasteiger partial charge in [0.2, 0.25) is 5.91 Å². The number of aryl methyl sites for hydroxylation is 1. The van der Waals surface area contributed by atoms with Crippen LogP contribution in [0.4, 0.5) is 4.39 Å². The van der Waals surface area contributed by atoms with Crippen molar-refractivity contribution in [2.45, 2.75) is 42.8 Å². The van der Waals surface area contributed by atoms with Crippen LogP contribution in [0.2, 0.25) is 0 Å². The number of nitrogens with zero attached hydrogens (tertiary/aromatic N) is 3. The van der Waals surface area contributed by atoms with E-state index in [2.05, 4.69) is 15.5 Å². The largest absolute Gasteiger partial charge is 0.469 e. The van der Waals surface area contributed by atoms with Gasteiger partial charge in [0, 0.05) is 6.04 Å². The average Bonchev–Trinajstić information content (AvgIpc) is 3.41. The zero-order valence-corrected chi connectivity index (χ0v) is 18.9. The van der Waals surface area contributed by atoms with Crippen molar-refractivity contribution in [3.05, 3.63) is 89.6 Å². The monoisotopic (exact) mass is 462 g/mol. The van der Waals surface area contributed by atoms with E-state index in [1.807, 2.05) is 47.9 Å². The molecule has 0 radical (unpaired) electrons. The number of thioether (sulfide) groups is 1. The van der Waals surface area contributed by atoms with Crippen LogP contribution < -0.4 is 5.32 Å². The van der Waals surface area contributed by atoms with Crippen LogP contribution in [0.15, 0.2) is 76.5 Å². The van der Waals surface area contributed by atoms with Crippen LogP contribution in [-0.2, 0) is 11.3 Å². The van der Waals surface area contributed by atoms with Crippen LogP contribution in [0.3, 0.4) is 0 Å². The first kappa shape index (κ1) is 21.5. The highest BCUT2D eigenvalue weighted by Gasteiger charge is 2.31. The van der Waals surface area contributed by atoms with Crippen molar-refractivity contribution in [2.24, 2.45) is 0 Å². The molecule has 1 atom stereocenters. The zero-order valence-electron chi connectivity index (χ0n) is 18.1. The number of benzene rings is 2. The lowest BCUT2D eigenvalue weighted by molar-refractivity contribution is -0.120. The van der Waals surface area contributed by atoms with Crippen LogP contribution in [-0.4, -0.2) is 26.7 Å². The summed E-state index contributed by atoms with van der Waals surface area (Å²) in [7, 11) is 0. The summed E-state index contributed by atoms with van der Waals surface area (Å²) in [6.07, 6.45) is 3.60. The molecule has 5 rings (SSSR count). The molecule has 4 aromatic rings. The third-order valence-corrected chi connectivity index (χ3v) is 6.79. The lowest BCUT2D eigenvalue weighted by atomic mass is 10.1. The molecule has 6 nitrogen and oxygen atoms in total. The van der Waals surface area contributed by atoms with Gasteiger partial charge in [0.25, 0.3) is 0 Å². The van der Waals surface area contributed by atoms with E-state index in [1.165, 1.54) is 23.9 Å². The number of halogens is 1. The Balaban J connectivity index is 1.53. The Morgan fingerprint density at radius 1 is 1.15 bits per heavy atom. The number of carbonyl (C=O) groups is 1. The van der Waals surface area contributed by atoms with Crippen LogP contribution in [0.5, 0.6) is 0 Å². The van der Waals surface area contributed by atoms with Gasteiger partial charge in [-0.3, -0.25) is 9.36 Å². The van der Waals surface area contributed by atoms with Gasteiger partial charge in [-0.05, 0) is 49.1 Å². The van der Waals surface area contributed by atoms with Gasteiger partial charge in [0.1, 0.15) is 16.8 Å². The van der Waals surface area contributed by atoms with Crippen molar-refractivity contribution in [2.75, 3.05) is 0 Å². The Labute approximate surface area is 195 Å². The van der Waals surface area contributed by atoms with Gasteiger partial charge in [0.15, 0.2) is 11.0 Å². The van der Waals surface area contributed by atoms with Crippen molar-refractivity contribution in [1.82, 2.24) is 20.1 Å². The standard InChI is InChI=1S/C25H23FN4O2S/c1-16-21(13-14-32-16)23-28-29-25(30(23)15-17-5-3-2-4-6-17)33-22(24(31)27-20-11-12-20)18-7-9-19(26)10-8-18/h2-10,13-14,20,22H,11-12,15H2,1H3,(H,27,31). The summed E-state index contributed by atoms with van der Waals surface area (Å²) in [4.78, 5) is 13.1. The van der Waals surface area contributed by atoms with Gasteiger partial charge < -0.3 is 9.73 Å². The molecule has 0 aliphatic heterocycles. The van der Waals surface area contributed by atoms with Crippen molar-refractivity contribution in [3.8, 4) is 11.4 Å². The summed E-state index contributed by atoms with van der Waals surface area (Å²) in [5.41, 5.74) is 2.66. The Kier molecular flexibility index (Phi) is 6.00. The van der Waals surface area contributed by atoms with Gasteiger partial charge >= 0.3 is 0 Å². The lowest BCUT2D eigenvalue weighted by Gasteiger charge is -2.17. The number of rotatable bonds is 8. The second-order valence-electron chi connectivity index (χ2n) is 8.10. The fourth-order valence-corrected chi connectivity index (χ4v) is 4.67. The van der Waals surface area contributed by atoms with Crippen LogP contribution in [0, 0.1) is 12.7 Å². The highest BCUT2D eigenvalue weighted by molar-refractivity contribution is 8.00. The van der Waals surface area contributed by atoms with Gasteiger partial charge in [-0.15, -0.1) is 10.2 Å². The third kappa shape index (κ3) is 4.85. The maximum Gasteiger partial charge on any atom is 0.238 e. The summed E-state index contributed by atoms with van der Waals surface area (Å²) >= 11 is 1.32. The normalized spacial score (nSPS) is 14.2. The molecule has 1 aliphatic carbocycles. The van der Waals surface area contributed by atoms with Crippen molar-refractivity contribution < 1.29 is 13.6 Å². The number of hydrogen-bond donors (Lipinski definition) is 1. The van der Waals surface area contributed by atoms with Crippen LogP contribution in [0.25, 0.3) is 11.4 Å². The smallest absolute Gasteiger partial charge is 0.238 e. The fourth-order valence-electron chi connectivity index (χ4n) is 3.62. The first-order valence-electron chi connectivity index (χ1n) is 10.8. The predicted octanol–water partition coefficient (Wildman–Crippen LogP) is 5.15. The quantitative estimate of drug-likeness (QED) is 0.367. The summed E-state index contributed by atoms with van der Waals surface area (Å²) in [6.45, 7) is 2.42. The first-order chi connectivity index (χ1) is 16.1. The molecule has 168 valence electrons. The average molecular weight is 463 g/mol. The second-order valence-corrected chi connectivity index (χ2v) is 9.17. The molecule has 1 saturated carbocycles. The van der Waals surface area contributed by atoms with E-state index in [1.54, 1.807) is 18.4 Å². The van der Waals surface area contributed by atoms with E-state index in [0.29, 0.717) is 17.5 Å². The molecule has 33 heavy (non-hydrogen) atoms. The molecule has 1 unspecified atom stereocenters. The molecule has 1 aliphatic rings. The molecule has 2 aromatic carbocycles. The SMILES string of the molecule is Cc1occc1-c1nnc(SC(C(=O)NC2CC2)c2ccc(F)cc2)n1Cc1ccccc1. The van der Waals surface area contributed by atoms with Gasteiger partial charge in [-0.25, -0.2) is 4.39 Å². The highest BCUT2D eigenvalue weighted by atomic mass is 32.2. The fraction of sp³-hybridized carbons (Fsp3) is 0.240. The molecule has 1 fully saturated rings. The zero-order chi connectivity index (χ0) is 22.8. The number of carbonyl (C=O) groups excluding carboxylic acids is 1. The van der Waals surface area contributed by atoms with E-state index >= 15 is 0 Å². The minimum Gasteiger partial charge on any atom is -0.469 e. The van der Waals surface area contributed by atoms with E-state index in [0.717, 1.165) is 35.3 Å². The minimum atomic E-state index is -0.580. The molecular formula is C25H23FN4O2S. The summed E-state index contributed by atoms with van der Waals surface area (Å²) in [5.74, 6) is 0.974. The Bertz CT molecular complexity index is 1250. The summed E-state index contributed by atoms with van der Waals surface area (Å²) in [5, 5.41) is 12.0. The topological polar surface area (TPSA) is 72.9 Å². The minimum absolute atomic E-state index is 0.107. The molecule has 8 heteroatoms. The third-order valence-electron chi connectivity index (χ3n) is 5.56. The first-order valence-corrected chi connectivity index (χ1v) is 11.7. The number of furan rings is 1. The van der Waals surface area contributed by atoms with Gasteiger partial charge in [-0.1, -0.05) is 54.2 Å². The van der Waals surface area contributed by atoms with Crippen molar-refractivity contribution in [3.63, 3.8) is 0 Å². The second kappa shape index (κ2) is 9.23. The number of hydrogen-bond acceptors (Lipinski definition) is 5. The lowest BCUT2D eigenvalue weighted by Crippen LogP contribution is -2.30. The van der Waals surface area contributed by atoms with Crippen molar-refractivity contribution in [1.29, 1.82) is 0 Å². The van der Waals surface area contributed by atoms with Crippen LogP contribution in [0.1, 0.15) is 35.0 Å². The Hall–Kier alpha value is -3.39. The van der Waals surface area contributed by atoms with Gasteiger partial charge in [0.05, 0.1) is 18.4 Å². The Morgan fingerprint density at radius 3 is 2.58 bits per heavy atom. The number of aromatic nitrogens is 3. The molecule has 0 spiro atoms. The molecule has 0 bridgehead atoms. The molecule has 0 saturated heterocycles. The molecule has 1 amide bonds. The van der Waals surface area contributed by atoms with E-state index in [9.17, 15) is 9.18 Å². The van der Waals surface area contributed by atoms with E-state index in [-0.39, 0.29) is 17.8 Å². The number of nitrogens with one attached hydrogen (secondary N) is 1. The number of amides is 1. The summed E-state index contributed by atoms with van der Waals surface area (Å²) < 4.78 is 21.1. The highest BCUT2D eigenvalue weighted by Crippen LogP contribution is 2.38. The Morgan fingerprint density at radius 2 is 1.91 bits per heavy atom. The molecule has 1 N–H and O–H groups in total. The molecule has 2 aromatic heterocycles. The van der Waals surface area contributed by atoms with Gasteiger partial charge in [-0.2, -0.15) is 0 Å². The molecular weight excluding hydrogens is 439 g/mol. The van der Waals surface area contributed by atoms with Crippen molar-refractivity contribution >= 4 is 17.7 Å². The maximum atomic E-state index is 13.6. The summed E-state index contributed by atoms with van der Waals surface area (Å²) in [6, 6.07) is 18.2. The predicted molar refractivity (Wildman–Crippen MR) is 124 cm³/mol. The van der Waals surface area contributed by atoms with E-state index in [4.69, 9.17) is 4.42 Å². The maximum absolute atomic E-state index is 13.6. The van der Waals surface area contributed by atoms with Crippen LogP contribution >= 0.6 is 11.8 Å².